The number of likely N-dealkylation sites (tertiary alicyclic amines) is 1. The molecule has 0 aliphatic carbocycles. The molecule has 1 aliphatic rings. The Labute approximate surface area is 104 Å². The molecule has 0 spiro atoms. The van der Waals surface area contributed by atoms with Crippen molar-refractivity contribution < 1.29 is 14.3 Å². The monoisotopic (exact) mass is 248 g/mol. The topological polar surface area (TPSA) is 64.3 Å². The van der Waals surface area contributed by atoms with Crippen LogP contribution in [-0.4, -0.2) is 29.1 Å². The fourth-order valence-corrected chi connectivity index (χ4v) is 2.16. The molecule has 1 aliphatic heterocycles. The predicted octanol–water partition coefficient (Wildman–Crippen LogP) is 1.60. The second-order valence-corrected chi connectivity index (χ2v) is 4.48. The van der Waals surface area contributed by atoms with E-state index >= 15 is 0 Å². The highest BCUT2D eigenvalue weighted by atomic mass is 19.1. The summed E-state index contributed by atoms with van der Waals surface area (Å²) in [5.74, 6) is -1.56. The molecule has 0 amide bonds. The van der Waals surface area contributed by atoms with Crippen molar-refractivity contribution in [1.82, 2.24) is 4.90 Å². The molecule has 0 aromatic heterocycles. The summed E-state index contributed by atoms with van der Waals surface area (Å²) in [6.07, 6.45) is 0.604. The molecule has 1 aromatic carbocycles. The number of carbonyl (C=O) groups is 1. The number of carboxylic acids is 1. The first-order valence-corrected chi connectivity index (χ1v) is 5.74. The summed E-state index contributed by atoms with van der Waals surface area (Å²) in [7, 11) is 0. The maximum absolute atomic E-state index is 13.7. The molecule has 2 rings (SSSR count). The smallest absolute Gasteiger partial charge is 0.307 e. The molecule has 5 heteroatoms. The highest BCUT2D eigenvalue weighted by Gasteiger charge is 2.28. The Balaban J connectivity index is 2.03. The molecule has 1 unspecified atom stereocenters. The van der Waals surface area contributed by atoms with Crippen LogP contribution < -0.4 is 0 Å². The van der Waals surface area contributed by atoms with Crippen LogP contribution in [-0.2, 0) is 11.3 Å². The van der Waals surface area contributed by atoms with Crippen LogP contribution in [0.4, 0.5) is 4.39 Å². The van der Waals surface area contributed by atoms with Crippen LogP contribution in [0.25, 0.3) is 0 Å². The van der Waals surface area contributed by atoms with Crippen molar-refractivity contribution in [2.45, 2.75) is 13.0 Å². The quantitative estimate of drug-likeness (QED) is 0.882. The molecule has 0 radical (unpaired) electrons. The summed E-state index contributed by atoms with van der Waals surface area (Å²) in [4.78, 5) is 12.7. The Hall–Kier alpha value is -1.93. The van der Waals surface area contributed by atoms with Crippen molar-refractivity contribution in [3.8, 4) is 6.07 Å². The molecule has 94 valence electrons. The van der Waals surface area contributed by atoms with Crippen LogP contribution >= 0.6 is 0 Å². The molecule has 1 saturated heterocycles. The van der Waals surface area contributed by atoms with Crippen molar-refractivity contribution in [3.63, 3.8) is 0 Å². The maximum Gasteiger partial charge on any atom is 0.307 e. The first-order chi connectivity index (χ1) is 8.60. The Kier molecular flexibility index (Phi) is 3.58. The SMILES string of the molecule is N#Cc1ccc(CN2CCC(C(=O)O)C2)c(F)c1. The van der Waals surface area contributed by atoms with Gasteiger partial charge in [0.2, 0.25) is 0 Å². The number of rotatable bonds is 3. The average Bonchev–Trinajstić information content (AvgIpc) is 2.80. The van der Waals surface area contributed by atoms with E-state index in [0.29, 0.717) is 37.2 Å². The van der Waals surface area contributed by atoms with Crippen molar-refractivity contribution in [3.05, 3.63) is 35.1 Å². The third-order valence-electron chi connectivity index (χ3n) is 3.20. The molecule has 0 bridgehead atoms. The van der Waals surface area contributed by atoms with Gasteiger partial charge in [0, 0.05) is 18.7 Å². The fourth-order valence-electron chi connectivity index (χ4n) is 2.16. The number of halogens is 1. The van der Waals surface area contributed by atoms with E-state index < -0.39 is 11.8 Å². The van der Waals surface area contributed by atoms with Crippen LogP contribution in [0.5, 0.6) is 0 Å². The van der Waals surface area contributed by atoms with Crippen LogP contribution in [0.1, 0.15) is 17.5 Å². The summed E-state index contributed by atoms with van der Waals surface area (Å²) in [6, 6.07) is 6.25. The summed E-state index contributed by atoms with van der Waals surface area (Å²) in [6.45, 7) is 1.51. The lowest BCUT2D eigenvalue weighted by Gasteiger charge is -2.15. The molecule has 18 heavy (non-hydrogen) atoms. The lowest BCUT2D eigenvalue weighted by molar-refractivity contribution is -0.141. The number of nitrogens with zero attached hydrogens (tertiary/aromatic N) is 2. The van der Waals surface area contributed by atoms with E-state index in [4.69, 9.17) is 10.4 Å². The Bertz CT molecular complexity index is 510. The van der Waals surface area contributed by atoms with Crippen LogP contribution in [0, 0.1) is 23.1 Å². The van der Waals surface area contributed by atoms with Gasteiger partial charge in [-0.1, -0.05) is 6.07 Å². The third-order valence-corrected chi connectivity index (χ3v) is 3.20. The number of nitriles is 1. The zero-order valence-electron chi connectivity index (χ0n) is 9.77. The highest BCUT2D eigenvalue weighted by Crippen LogP contribution is 2.20. The number of aliphatic carboxylic acids is 1. The molecule has 0 saturated carbocycles. The maximum atomic E-state index is 13.7. The van der Waals surface area contributed by atoms with Crippen LogP contribution in [0.15, 0.2) is 18.2 Å². The Morgan fingerprint density at radius 1 is 1.61 bits per heavy atom. The van der Waals surface area contributed by atoms with E-state index in [0.717, 1.165) is 0 Å². The molecule has 4 nitrogen and oxygen atoms in total. The molecule has 1 heterocycles. The second-order valence-electron chi connectivity index (χ2n) is 4.48. The van der Waals surface area contributed by atoms with E-state index in [1.54, 1.807) is 12.1 Å². The first kappa shape index (κ1) is 12.5. The average molecular weight is 248 g/mol. The van der Waals surface area contributed by atoms with Gasteiger partial charge >= 0.3 is 5.97 Å². The van der Waals surface area contributed by atoms with Gasteiger partial charge in [-0.05, 0) is 25.1 Å². The molecule has 1 aromatic rings. The van der Waals surface area contributed by atoms with E-state index in [1.165, 1.54) is 6.07 Å². The van der Waals surface area contributed by atoms with Crippen LogP contribution in [0.2, 0.25) is 0 Å². The molecule has 1 N–H and O–H groups in total. The first-order valence-electron chi connectivity index (χ1n) is 5.74. The van der Waals surface area contributed by atoms with Gasteiger partial charge in [0.1, 0.15) is 5.82 Å². The number of hydrogen-bond acceptors (Lipinski definition) is 3. The van der Waals surface area contributed by atoms with E-state index in [1.807, 2.05) is 11.0 Å². The summed E-state index contributed by atoms with van der Waals surface area (Å²) < 4.78 is 13.7. The molecule has 1 fully saturated rings. The fraction of sp³-hybridized carbons (Fsp3) is 0.385. The molecule has 1 atom stereocenters. The predicted molar refractivity (Wildman–Crippen MR) is 62.1 cm³/mol. The Morgan fingerprint density at radius 2 is 2.39 bits per heavy atom. The number of benzene rings is 1. The van der Waals surface area contributed by atoms with E-state index in [2.05, 4.69) is 0 Å². The Morgan fingerprint density at radius 3 is 2.94 bits per heavy atom. The van der Waals surface area contributed by atoms with Gasteiger partial charge in [0.05, 0.1) is 17.6 Å². The molecular formula is C13H13FN2O2. The van der Waals surface area contributed by atoms with Gasteiger partial charge in [-0.25, -0.2) is 4.39 Å². The van der Waals surface area contributed by atoms with Gasteiger partial charge in [0.25, 0.3) is 0 Å². The standard InChI is InChI=1S/C13H13FN2O2/c14-12-5-9(6-15)1-2-10(12)7-16-4-3-11(8-16)13(17)18/h1-2,5,11H,3-4,7-8H2,(H,17,18). The third kappa shape index (κ3) is 2.66. The lowest BCUT2D eigenvalue weighted by Crippen LogP contribution is -2.23. The zero-order chi connectivity index (χ0) is 13.1. The summed E-state index contributed by atoms with van der Waals surface area (Å²) in [5, 5.41) is 17.5. The van der Waals surface area contributed by atoms with Crippen molar-refractivity contribution in [2.75, 3.05) is 13.1 Å². The normalized spacial score (nSPS) is 19.7. The van der Waals surface area contributed by atoms with Gasteiger partial charge in [-0.3, -0.25) is 9.69 Å². The van der Waals surface area contributed by atoms with E-state index in [-0.39, 0.29) is 5.92 Å². The van der Waals surface area contributed by atoms with E-state index in [9.17, 15) is 9.18 Å². The van der Waals surface area contributed by atoms with Gasteiger partial charge in [-0.15, -0.1) is 0 Å². The minimum Gasteiger partial charge on any atom is -0.481 e. The summed E-state index contributed by atoms with van der Waals surface area (Å²) >= 11 is 0. The summed E-state index contributed by atoms with van der Waals surface area (Å²) in [5.41, 5.74) is 0.793. The minimum absolute atomic E-state index is 0.293. The van der Waals surface area contributed by atoms with Gasteiger partial charge < -0.3 is 5.11 Å². The van der Waals surface area contributed by atoms with Gasteiger partial charge in [0.15, 0.2) is 0 Å². The molecular weight excluding hydrogens is 235 g/mol. The lowest BCUT2D eigenvalue weighted by atomic mass is 10.1. The van der Waals surface area contributed by atoms with Crippen molar-refractivity contribution >= 4 is 5.97 Å². The van der Waals surface area contributed by atoms with Crippen molar-refractivity contribution in [1.29, 1.82) is 5.26 Å². The second kappa shape index (κ2) is 5.15. The highest BCUT2D eigenvalue weighted by molar-refractivity contribution is 5.70. The largest absolute Gasteiger partial charge is 0.481 e. The van der Waals surface area contributed by atoms with Crippen molar-refractivity contribution in [2.24, 2.45) is 5.92 Å². The number of carboxylic acid groups (broad SMARTS) is 1. The zero-order valence-corrected chi connectivity index (χ0v) is 9.77. The minimum atomic E-state index is -0.794. The number of hydrogen-bond donors (Lipinski definition) is 1. The van der Waals surface area contributed by atoms with Gasteiger partial charge in [-0.2, -0.15) is 5.26 Å². The van der Waals surface area contributed by atoms with Crippen LogP contribution in [0.3, 0.4) is 0 Å².